The summed E-state index contributed by atoms with van der Waals surface area (Å²) in [6.07, 6.45) is -1.83. The van der Waals surface area contributed by atoms with Gasteiger partial charge in [0.25, 0.3) is 0 Å². The van der Waals surface area contributed by atoms with E-state index < -0.39 is 13.4 Å². The fraction of sp³-hybridized carbons (Fsp3) is 0. The maximum absolute atomic E-state index is 8.56. The molecule has 0 unspecified atom stereocenters. The van der Waals surface area contributed by atoms with E-state index in [1.165, 1.54) is 21.2 Å². The predicted molar refractivity (Wildman–Crippen MR) is 123 cm³/mol. The SMILES string of the molecule is O=C(O)O.c1ccc([PH](c2ccccc2)(c2ccccc2)c2ccccc2)cc1. The molecule has 0 atom stereocenters. The average molecular weight is 402 g/mol. The quantitative estimate of drug-likeness (QED) is 0.502. The summed E-state index contributed by atoms with van der Waals surface area (Å²) in [6.45, 7) is 0. The van der Waals surface area contributed by atoms with E-state index in [-0.39, 0.29) is 0 Å². The van der Waals surface area contributed by atoms with E-state index in [2.05, 4.69) is 121 Å². The molecule has 0 amide bonds. The van der Waals surface area contributed by atoms with Crippen molar-refractivity contribution in [1.82, 2.24) is 0 Å². The molecule has 0 saturated carbocycles. The molecule has 4 aromatic carbocycles. The Morgan fingerprint density at radius 2 is 0.621 bits per heavy atom. The van der Waals surface area contributed by atoms with Gasteiger partial charge in [-0.25, -0.2) is 4.79 Å². The van der Waals surface area contributed by atoms with Gasteiger partial charge >= 0.3 is 156 Å². The van der Waals surface area contributed by atoms with Crippen molar-refractivity contribution in [2.75, 3.05) is 0 Å². The minimum atomic E-state index is -2.30. The van der Waals surface area contributed by atoms with Gasteiger partial charge in [0.1, 0.15) is 0 Å². The van der Waals surface area contributed by atoms with Crippen LogP contribution in [-0.4, -0.2) is 16.4 Å². The van der Waals surface area contributed by atoms with Gasteiger partial charge in [-0.2, -0.15) is 0 Å². The third-order valence-electron chi connectivity index (χ3n) is 4.83. The second-order valence-electron chi connectivity index (χ2n) is 6.50. The molecule has 146 valence electrons. The molecule has 4 rings (SSSR count). The molecule has 0 spiro atoms. The van der Waals surface area contributed by atoms with Crippen LogP contribution in [0.5, 0.6) is 0 Å². The molecule has 0 bridgehead atoms. The molecule has 0 aliphatic rings. The topological polar surface area (TPSA) is 57.5 Å². The Morgan fingerprint density at radius 3 is 0.793 bits per heavy atom. The van der Waals surface area contributed by atoms with Gasteiger partial charge in [0.15, 0.2) is 0 Å². The van der Waals surface area contributed by atoms with E-state index >= 15 is 0 Å². The fourth-order valence-electron chi connectivity index (χ4n) is 3.75. The zero-order chi connectivity index (χ0) is 20.5. The van der Waals surface area contributed by atoms with Gasteiger partial charge < -0.3 is 10.2 Å². The van der Waals surface area contributed by atoms with Crippen molar-refractivity contribution < 1.29 is 15.0 Å². The standard InChI is InChI=1S/C24H21P.CH2O3/c1-5-13-21(14-6-1)25(22-15-7-2-8-16-22,23-17-9-3-10-18-23)24-19-11-4-12-20-24;2-1(3)4/h1-20,25H;(H2,2,3,4). The van der Waals surface area contributed by atoms with Crippen molar-refractivity contribution in [3.63, 3.8) is 0 Å². The predicted octanol–water partition coefficient (Wildman–Crippen LogP) is 4.26. The molecule has 0 fully saturated rings. The number of rotatable bonds is 4. The van der Waals surface area contributed by atoms with Crippen LogP contribution in [0.4, 0.5) is 4.79 Å². The van der Waals surface area contributed by atoms with E-state index in [1.54, 1.807) is 0 Å². The van der Waals surface area contributed by atoms with Crippen LogP contribution in [0, 0.1) is 0 Å². The van der Waals surface area contributed by atoms with Crippen molar-refractivity contribution in [2.24, 2.45) is 0 Å². The molecule has 29 heavy (non-hydrogen) atoms. The van der Waals surface area contributed by atoms with Crippen LogP contribution >= 0.6 is 7.26 Å². The summed E-state index contributed by atoms with van der Waals surface area (Å²) in [5.74, 6) is 0. The third-order valence-corrected chi connectivity index (χ3v) is 9.62. The van der Waals surface area contributed by atoms with Crippen LogP contribution in [-0.2, 0) is 0 Å². The van der Waals surface area contributed by atoms with E-state index in [0.29, 0.717) is 0 Å². The maximum atomic E-state index is 8.56. The Hall–Kier alpha value is -3.42. The van der Waals surface area contributed by atoms with Crippen molar-refractivity contribution in [2.45, 2.75) is 0 Å². The summed E-state index contributed by atoms with van der Waals surface area (Å²) in [4.78, 5) is 8.56. The molecule has 2 N–H and O–H groups in total. The van der Waals surface area contributed by atoms with Crippen molar-refractivity contribution in [3.8, 4) is 0 Å². The third kappa shape index (κ3) is 4.53. The van der Waals surface area contributed by atoms with Gasteiger partial charge in [0.2, 0.25) is 0 Å². The molecule has 4 heteroatoms. The summed E-state index contributed by atoms with van der Waals surface area (Å²) in [6, 6.07) is 44.0. The van der Waals surface area contributed by atoms with E-state index in [4.69, 9.17) is 15.0 Å². The zero-order valence-electron chi connectivity index (χ0n) is 15.8. The van der Waals surface area contributed by atoms with Gasteiger partial charge in [-0.1, -0.05) is 0 Å². The molecule has 4 aromatic rings. The summed E-state index contributed by atoms with van der Waals surface area (Å²) in [7, 11) is -2.30. The molecule has 3 nitrogen and oxygen atoms in total. The van der Waals surface area contributed by atoms with Crippen molar-refractivity contribution in [1.29, 1.82) is 0 Å². The summed E-state index contributed by atoms with van der Waals surface area (Å²) in [5, 5.41) is 19.6. The Morgan fingerprint density at radius 1 is 0.448 bits per heavy atom. The van der Waals surface area contributed by atoms with Crippen LogP contribution in [0.2, 0.25) is 0 Å². The van der Waals surface area contributed by atoms with Gasteiger partial charge in [0.05, 0.1) is 0 Å². The Kier molecular flexibility index (Phi) is 6.78. The van der Waals surface area contributed by atoms with Gasteiger partial charge in [-0.3, -0.25) is 0 Å². The van der Waals surface area contributed by atoms with E-state index in [1.807, 2.05) is 0 Å². The normalized spacial score (nSPS) is 11.0. The molecular formula is C25H23O3P. The number of hydrogen-bond donors (Lipinski definition) is 2. The number of carboxylic acid groups (broad SMARTS) is 2. The van der Waals surface area contributed by atoms with Gasteiger partial charge in [-0.15, -0.1) is 0 Å². The zero-order valence-corrected chi connectivity index (χ0v) is 16.8. The fourth-order valence-corrected chi connectivity index (χ4v) is 8.52. The molecular weight excluding hydrogens is 379 g/mol. The molecule has 0 aliphatic carbocycles. The van der Waals surface area contributed by atoms with E-state index in [0.717, 1.165) is 0 Å². The van der Waals surface area contributed by atoms with Crippen molar-refractivity contribution >= 4 is 34.6 Å². The van der Waals surface area contributed by atoms with Gasteiger partial charge in [-0.05, 0) is 0 Å². The van der Waals surface area contributed by atoms with Crippen LogP contribution in [0.25, 0.3) is 0 Å². The molecule has 0 aromatic heterocycles. The molecule has 0 aliphatic heterocycles. The molecule has 0 saturated heterocycles. The number of benzene rings is 4. The summed E-state index contributed by atoms with van der Waals surface area (Å²) in [5.41, 5.74) is 0. The monoisotopic (exact) mass is 402 g/mol. The first kappa shape index (κ1) is 20.3. The summed E-state index contributed by atoms with van der Waals surface area (Å²) >= 11 is 0. The summed E-state index contributed by atoms with van der Waals surface area (Å²) < 4.78 is 0. The molecule has 0 heterocycles. The Balaban J connectivity index is 0.000000552. The van der Waals surface area contributed by atoms with Crippen LogP contribution < -0.4 is 21.2 Å². The second-order valence-corrected chi connectivity index (χ2v) is 10.3. The first-order valence-corrected chi connectivity index (χ1v) is 11.3. The van der Waals surface area contributed by atoms with Gasteiger partial charge in [0, 0.05) is 0 Å². The van der Waals surface area contributed by atoms with E-state index in [9.17, 15) is 0 Å². The van der Waals surface area contributed by atoms with Crippen LogP contribution in [0.15, 0.2) is 121 Å². The number of hydrogen-bond acceptors (Lipinski definition) is 1. The van der Waals surface area contributed by atoms with Crippen LogP contribution in [0.3, 0.4) is 0 Å². The van der Waals surface area contributed by atoms with Crippen LogP contribution in [0.1, 0.15) is 0 Å². The second kappa shape index (κ2) is 9.68. The Labute approximate surface area is 171 Å². The number of carbonyl (C=O) groups is 1. The van der Waals surface area contributed by atoms with Crippen molar-refractivity contribution in [3.05, 3.63) is 121 Å². The first-order valence-electron chi connectivity index (χ1n) is 9.29. The molecule has 0 radical (unpaired) electrons. The Bertz CT molecular complexity index is 853. The minimum absolute atomic E-state index is 1.42. The average Bonchev–Trinajstić information content (AvgIpc) is 2.77. The first-order chi connectivity index (χ1) is 14.2.